The van der Waals surface area contributed by atoms with Crippen molar-refractivity contribution < 1.29 is 24.2 Å². The van der Waals surface area contributed by atoms with Crippen LogP contribution in [0.3, 0.4) is 0 Å². The average Bonchev–Trinajstić information content (AvgIpc) is 3.55. The number of hydrogen-bond acceptors (Lipinski definition) is 6. The standard InChI is InChI=1S/C26H29ClN4O5/c1-3-19(16-32)35-20-12-18(25(33)28-24-8-11-30(2)29-24)13-21(15-20)36-23-7-6-17(14-22(23)27)26(34)31-9-4-5-10-31/h6-8,11-15,19,32H,3-5,9-10,16H2,1-2H3,(H,28,29,33)/t19-/m0/s1. The number of halogens is 1. The van der Waals surface area contributed by atoms with Gasteiger partial charge >= 0.3 is 0 Å². The molecule has 1 saturated heterocycles. The van der Waals surface area contributed by atoms with E-state index in [-0.39, 0.29) is 23.1 Å². The summed E-state index contributed by atoms with van der Waals surface area (Å²) < 4.78 is 13.4. The van der Waals surface area contributed by atoms with Crippen molar-refractivity contribution in [3.05, 3.63) is 64.8 Å². The highest BCUT2D eigenvalue weighted by Gasteiger charge is 2.21. The van der Waals surface area contributed by atoms with E-state index in [9.17, 15) is 14.7 Å². The minimum atomic E-state index is -0.438. The van der Waals surface area contributed by atoms with Gasteiger partial charge in [-0.3, -0.25) is 14.3 Å². The van der Waals surface area contributed by atoms with E-state index in [1.54, 1.807) is 60.4 Å². The molecule has 2 amide bonds. The van der Waals surface area contributed by atoms with Gasteiger partial charge in [0.25, 0.3) is 11.8 Å². The highest BCUT2D eigenvalue weighted by Crippen LogP contribution is 2.34. The monoisotopic (exact) mass is 512 g/mol. The summed E-state index contributed by atoms with van der Waals surface area (Å²) in [6.07, 6.45) is 3.87. The Kier molecular flexibility index (Phi) is 8.12. The van der Waals surface area contributed by atoms with Crippen LogP contribution in [0.1, 0.15) is 46.9 Å². The van der Waals surface area contributed by atoms with Crippen LogP contribution in [0.2, 0.25) is 5.02 Å². The molecule has 1 aromatic heterocycles. The second kappa shape index (κ2) is 11.5. The smallest absolute Gasteiger partial charge is 0.257 e. The number of hydrogen-bond donors (Lipinski definition) is 2. The Morgan fingerprint density at radius 1 is 1.11 bits per heavy atom. The number of amides is 2. The van der Waals surface area contributed by atoms with Gasteiger partial charge in [0.15, 0.2) is 5.82 Å². The summed E-state index contributed by atoms with van der Waals surface area (Å²) in [6.45, 7) is 3.21. The topological polar surface area (TPSA) is 106 Å². The lowest BCUT2D eigenvalue weighted by molar-refractivity contribution is 0.0792. The summed E-state index contributed by atoms with van der Waals surface area (Å²) in [4.78, 5) is 27.4. The first-order chi connectivity index (χ1) is 17.4. The van der Waals surface area contributed by atoms with E-state index in [1.165, 1.54) is 0 Å². The van der Waals surface area contributed by atoms with E-state index in [2.05, 4.69) is 10.4 Å². The molecule has 2 aromatic carbocycles. The van der Waals surface area contributed by atoms with Crippen LogP contribution in [0.5, 0.6) is 17.2 Å². The summed E-state index contributed by atoms with van der Waals surface area (Å²) in [5, 5.41) is 16.7. The van der Waals surface area contributed by atoms with Crippen LogP contribution in [-0.4, -0.2) is 57.4 Å². The van der Waals surface area contributed by atoms with E-state index < -0.39 is 12.0 Å². The van der Waals surface area contributed by atoms with Crippen molar-refractivity contribution >= 4 is 29.2 Å². The number of anilines is 1. The van der Waals surface area contributed by atoms with E-state index >= 15 is 0 Å². The van der Waals surface area contributed by atoms with Crippen molar-refractivity contribution in [3.8, 4) is 17.2 Å². The van der Waals surface area contributed by atoms with Crippen LogP contribution in [-0.2, 0) is 7.05 Å². The summed E-state index contributed by atoms with van der Waals surface area (Å²) >= 11 is 6.46. The second-order valence-corrected chi connectivity index (χ2v) is 9.01. The fourth-order valence-corrected chi connectivity index (χ4v) is 4.11. The number of aliphatic hydroxyl groups is 1. The Morgan fingerprint density at radius 3 is 2.50 bits per heavy atom. The lowest BCUT2D eigenvalue weighted by atomic mass is 10.1. The van der Waals surface area contributed by atoms with Crippen LogP contribution < -0.4 is 14.8 Å². The van der Waals surface area contributed by atoms with Crippen LogP contribution in [0.25, 0.3) is 0 Å². The zero-order chi connectivity index (χ0) is 25.7. The zero-order valence-corrected chi connectivity index (χ0v) is 21.0. The predicted molar refractivity (Wildman–Crippen MR) is 136 cm³/mol. The lowest BCUT2D eigenvalue weighted by Gasteiger charge is -2.18. The van der Waals surface area contributed by atoms with Crippen molar-refractivity contribution in [2.24, 2.45) is 7.05 Å². The van der Waals surface area contributed by atoms with Crippen LogP contribution in [0, 0.1) is 0 Å². The Morgan fingerprint density at radius 2 is 1.86 bits per heavy atom. The minimum absolute atomic E-state index is 0.0561. The van der Waals surface area contributed by atoms with Crippen LogP contribution in [0.4, 0.5) is 5.82 Å². The number of aromatic nitrogens is 2. The quantitative estimate of drug-likeness (QED) is 0.437. The van der Waals surface area contributed by atoms with Gasteiger partial charge in [0.2, 0.25) is 0 Å². The maximum Gasteiger partial charge on any atom is 0.257 e. The predicted octanol–water partition coefficient (Wildman–Crippen LogP) is 4.50. The maximum absolute atomic E-state index is 12.9. The summed E-state index contributed by atoms with van der Waals surface area (Å²) in [6, 6.07) is 11.3. The first-order valence-corrected chi connectivity index (χ1v) is 12.2. The van der Waals surface area contributed by atoms with Crippen molar-refractivity contribution in [1.82, 2.24) is 14.7 Å². The second-order valence-electron chi connectivity index (χ2n) is 8.60. The van der Waals surface area contributed by atoms with Gasteiger partial charge < -0.3 is 24.8 Å². The number of likely N-dealkylation sites (tertiary alicyclic amines) is 1. The average molecular weight is 513 g/mol. The molecule has 2 N–H and O–H groups in total. The fourth-order valence-electron chi connectivity index (χ4n) is 3.89. The number of ether oxygens (including phenoxy) is 2. The van der Waals surface area contributed by atoms with E-state index in [4.69, 9.17) is 21.1 Å². The Balaban J connectivity index is 1.58. The fraction of sp³-hybridized carbons (Fsp3) is 0.346. The third kappa shape index (κ3) is 6.16. The highest BCUT2D eigenvalue weighted by atomic mass is 35.5. The molecule has 1 fully saturated rings. The number of carbonyl (C=O) groups excluding carboxylic acids is 2. The van der Waals surface area contributed by atoms with Crippen molar-refractivity contribution in [2.45, 2.75) is 32.3 Å². The van der Waals surface area contributed by atoms with Gasteiger partial charge in [-0.1, -0.05) is 18.5 Å². The molecule has 190 valence electrons. The maximum atomic E-state index is 12.9. The molecule has 1 aliphatic heterocycles. The number of aliphatic hydroxyl groups excluding tert-OH is 1. The van der Waals surface area contributed by atoms with Crippen molar-refractivity contribution in [2.75, 3.05) is 25.0 Å². The van der Waals surface area contributed by atoms with E-state index in [0.717, 1.165) is 25.9 Å². The van der Waals surface area contributed by atoms with Gasteiger partial charge in [-0.25, -0.2) is 0 Å². The third-order valence-corrected chi connectivity index (χ3v) is 6.15. The van der Waals surface area contributed by atoms with Gasteiger partial charge in [-0.2, -0.15) is 5.10 Å². The molecule has 4 rings (SSSR count). The molecule has 36 heavy (non-hydrogen) atoms. The minimum Gasteiger partial charge on any atom is -0.488 e. The number of benzene rings is 2. The number of nitrogens with zero attached hydrogens (tertiary/aromatic N) is 3. The summed E-state index contributed by atoms with van der Waals surface area (Å²) in [7, 11) is 1.75. The molecule has 10 heteroatoms. The number of carbonyl (C=O) groups is 2. The molecule has 1 atom stereocenters. The third-order valence-electron chi connectivity index (χ3n) is 5.86. The van der Waals surface area contributed by atoms with Crippen molar-refractivity contribution in [3.63, 3.8) is 0 Å². The normalized spacial score (nSPS) is 13.9. The van der Waals surface area contributed by atoms with Gasteiger partial charge in [0.1, 0.15) is 23.4 Å². The molecule has 0 unspecified atom stereocenters. The van der Waals surface area contributed by atoms with Gasteiger partial charge in [-0.15, -0.1) is 0 Å². The zero-order valence-electron chi connectivity index (χ0n) is 20.2. The SMILES string of the molecule is CC[C@@H](CO)Oc1cc(Oc2ccc(C(=O)N3CCCC3)cc2Cl)cc(C(=O)Nc2ccn(C)n2)c1. The molecular weight excluding hydrogens is 484 g/mol. The first-order valence-electron chi connectivity index (χ1n) is 11.9. The Hall–Kier alpha value is -3.56. The largest absolute Gasteiger partial charge is 0.488 e. The number of nitrogens with one attached hydrogen (secondary N) is 1. The molecule has 0 spiro atoms. The molecule has 0 radical (unpaired) electrons. The number of rotatable bonds is 9. The molecule has 0 bridgehead atoms. The highest BCUT2D eigenvalue weighted by molar-refractivity contribution is 6.32. The van der Waals surface area contributed by atoms with E-state index in [1.807, 2.05) is 11.8 Å². The van der Waals surface area contributed by atoms with Crippen molar-refractivity contribution in [1.29, 1.82) is 0 Å². The molecule has 3 aromatic rings. The van der Waals surface area contributed by atoms with Gasteiger partial charge in [-0.05, 0) is 49.6 Å². The summed E-state index contributed by atoms with van der Waals surface area (Å²) in [5.41, 5.74) is 0.772. The first kappa shape index (κ1) is 25.5. The molecule has 1 aliphatic rings. The molecule has 2 heterocycles. The van der Waals surface area contributed by atoms with Gasteiger partial charge in [0.05, 0.1) is 11.6 Å². The van der Waals surface area contributed by atoms with E-state index in [0.29, 0.717) is 35.1 Å². The molecule has 0 aliphatic carbocycles. The van der Waals surface area contributed by atoms with Crippen LogP contribution in [0.15, 0.2) is 48.7 Å². The lowest BCUT2D eigenvalue weighted by Crippen LogP contribution is -2.27. The Labute approximate surface area is 214 Å². The summed E-state index contributed by atoms with van der Waals surface area (Å²) in [5.74, 6) is 0.943. The van der Waals surface area contributed by atoms with Crippen LogP contribution >= 0.6 is 11.6 Å². The number of aryl methyl sites for hydroxylation is 1. The van der Waals surface area contributed by atoms with Gasteiger partial charge in [0, 0.05) is 49.6 Å². The Bertz CT molecular complexity index is 1230. The molecule has 9 nitrogen and oxygen atoms in total. The molecular formula is C26H29ClN4O5. The molecule has 0 saturated carbocycles.